The first-order valence-electron chi connectivity index (χ1n) is 9.90. The molecular weight excluding hydrogens is 482 g/mol. The Labute approximate surface area is 195 Å². The molecule has 0 radical (unpaired) electrons. The minimum Gasteiger partial charge on any atom is -0.452 e. The van der Waals surface area contributed by atoms with E-state index in [0.717, 1.165) is 49.9 Å². The minimum absolute atomic E-state index is 0.101. The highest BCUT2D eigenvalue weighted by molar-refractivity contribution is 7.92. The van der Waals surface area contributed by atoms with Gasteiger partial charge >= 0.3 is 5.97 Å². The molecule has 0 unspecified atom stereocenters. The van der Waals surface area contributed by atoms with Gasteiger partial charge in [-0.2, -0.15) is 0 Å². The molecule has 2 aromatic rings. The van der Waals surface area contributed by atoms with Gasteiger partial charge in [0.15, 0.2) is 6.61 Å². The quantitative estimate of drug-likeness (QED) is 0.587. The fourth-order valence-electron chi connectivity index (χ4n) is 3.24. The summed E-state index contributed by atoms with van der Waals surface area (Å²) in [5.41, 5.74) is -0.149. The number of anilines is 1. The summed E-state index contributed by atoms with van der Waals surface area (Å²) in [5.74, 6) is -1.80. The Morgan fingerprint density at radius 2 is 1.62 bits per heavy atom. The van der Waals surface area contributed by atoms with E-state index in [4.69, 9.17) is 27.9 Å². The second kappa shape index (κ2) is 10.5. The molecule has 1 aliphatic rings. The van der Waals surface area contributed by atoms with E-state index in [1.807, 2.05) is 0 Å². The van der Waals surface area contributed by atoms with Crippen LogP contribution in [0.4, 0.5) is 10.1 Å². The van der Waals surface area contributed by atoms with Gasteiger partial charge in [0.1, 0.15) is 10.7 Å². The van der Waals surface area contributed by atoms with Gasteiger partial charge in [0.2, 0.25) is 0 Å². The summed E-state index contributed by atoms with van der Waals surface area (Å²) in [7, 11) is -4.23. The molecule has 0 aliphatic carbocycles. The van der Waals surface area contributed by atoms with Crippen molar-refractivity contribution in [2.75, 3.05) is 24.4 Å². The molecule has 0 bridgehead atoms. The van der Waals surface area contributed by atoms with Gasteiger partial charge in [-0.25, -0.2) is 17.6 Å². The maximum absolute atomic E-state index is 13.1. The molecule has 0 saturated carbocycles. The van der Waals surface area contributed by atoms with Gasteiger partial charge in [-0.1, -0.05) is 36.0 Å². The average molecular weight is 503 g/mol. The molecule has 0 atom stereocenters. The minimum atomic E-state index is -4.23. The third-order valence-electron chi connectivity index (χ3n) is 4.91. The van der Waals surface area contributed by atoms with Crippen molar-refractivity contribution in [2.45, 2.75) is 30.6 Å². The first-order valence-corrected chi connectivity index (χ1v) is 12.1. The molecule has 2 aromatic carbocycles. The largest absolute Gasteiger partial charge is 0.452 e. The maximum Gasteiger partial charge on any atom is 0.340 e. The summed E-state index contributed by atoms with van der Waals surface area (Å²) in [6.45, 7) is 0.735. The number of amides is 1. The molecule has 1 saturated heterocycles. The molecule has 1 amide bonds. The number of benzene rings is 2. The number of sulfonamides is 1. The Morgan fingerprint density at radius 3 is 2.25 bits per heavy atom. The van der Waals surface area contributed by atoms with Gasteiger partial charge in [0.05, 0.1) is 15.6 Å². The van der Waals surface area contributed by atoms with E-state index in [2.05, 4.69) is 4.72 Å². The Bertz CT molecular complexity index is 1100. The van der Waals surface area contributed by atoms with Crippen molar-refractivity contribution in [3.05, 3.63) is 57.8 Å². The van der Waals surface area contributed by atoms with Crippen LogP contribution in [-0.4, -0.2) is 44.9 Å². The molecule has 1 heterocycles. The van der Waals surface area contributed by atoms with Crippen LogP contribution < -0.4 is 4.72 Å². The molecule has 0 spiro atoms. The van der Waals surface area contributed by atoms with Crippen LogP contribution in [0, 0.1) is 5.82 Å². The molecule has 1 fully saturated rings. The van der Waals surface area contributed by atoms with Crippen molar-refractivity contribution in [1.29, 1.82) is 0 Å². The van der Waals surface area contributed by atoms with Gasteiger partial charge in [0.25, 0.3) is 15.9 Å². The zero-order valence-corrected chi connectivity index (χ0v) is 19.3. The van der Waals surface area contributed by atoms with Crippen molar-refractivity contribution in [2.24, 2.45) is 0 Å². The van der Waals surface area contributed by atoms with Gasteiger partial charge in [-0.15, -0.1) is 0 Å². The zero-order chi connectivity index (χ0) is 23.3. The Hall–Kier alpha value is -2.36. The lowest BCUT2D eigenvalue weighted by atomic mass is 10.2. The Kier molecular flexibility index (Phi) is 7.97. The van der Waals surface area contributed by atoms with E-state index < -0.39 is 33.3 Å². The molecule has 32 heavy (non-hydrogen) atoms. The molecule has 1 aliphatic heterocycles. The number of nitrogens with one attached hydrogen (secondary N) is 1. The van der Waals surface area contributed by atoms with Crippen LogP contribution in [0.2, 0.25) is 10.0 Å². The number of halogens is 3. The standard InChI is InChI=1S/C21H21Cl2FN2O5S/c22-17-12-18(23)19(32(29,30)25-15-7-5-14(24)6-8-15)11-16(17)21(28)31-13-20(27)26-9-3-1-2-4-10-26/h5-8,11-12,25H,1-4,9-10,13H2. The highest BCUT2D eigenvalue weighted by atomic mass is 35.5. The number of nitrogens with zero attached hydrogens (tertiary/aromatic N) is 1. The summed E-state index contributed by atoms with van der Waals surface area (Å²) in [6.07, 6.45) is 3.89. The normalized spacial score (nSPS) is 14.5. The highest BCUT2D eigenvalue weighted by Gasteiger charge is 2.25. The molecule has 0 aromatic heterocycles. The summed E-state index contributed by atoms with van der Waals surface area (Å²) in [5, 5.41) is -0.343. The molecular formula is C21H21Cl2FN2O5S. The topological polar surface area (TPSA) is 92.8 Å². The van der Waals surface area contributed by atoms with Crippen LogP contribution in [0.1, 0.15) is 36.0 Å². The van der Waals surface area contributed by atoms with Crippen molar-refractivity contribution in [1.82, 2.24) is 4.90 Å². The van der Waals surface area contributed by atoms with Crippen LogP contribution in [0.15, 0.2) is 41.3 Å². The number of carbonyl (C=O) groups excluding carboxylic acids is 2. The maximum atomic E-state index is 13.1. The van der Waals surface area contributed by atoms with Crippen molar-refractivity contribution in [3.8, 4) is 0 Å². The zero-order valence-electron chi connectivity index (χ0n) is 16.9. The molecule has 3 rings (SSSR count). The predicted molar refractivity (Wildman–Crippen MR) is 119 cm³/mol. The summed E-state index contributed by atoms with van der Waals surface area (Å²) >= 11 is 12.1. The van der Waals surface area contributed by atoms with Crippen molar-refractivity contribution in [3.63, 3.8) is 0 Å². The Balaban J connectivity index is 1.75. The van der Waals surface area contributed by atoms with Gasteiger partial charge in [-0.05, 0) is 49.2 Å². The van der Waals surface area contributed by atoms with Gasteiger partial charge in [0, 0.05) is 18.8 Å². The highest BCUT2D eigenvalue weighted by Crippen LogP contribution is 2.30. The predicted octanol–water partition coefficient (Wildman–Crippen LogP) is 4.49. The van der Waals surface area contributed by atoms with Gasteiger partial charge < -0.3 is 9.64 Å². The lowest BCUT2D eigenvalue weighted by Crippen LogP contribution is -2.35. The summed E-state index contributed by atoms with van der Waals surface area (Å²) in [4.78, 5) is 26.1. The second-order valence-corrected chi connectivity index (χ2v) is 9.71. The molecule has 172 valence electrons. The number of likely N-dealkylation sites (tertiary alicyclic amines) is 1. The number of hydrogen-bond donors (Lipinski definition) is 1. The Morgan fingerprint density at radius 1 is 1.00 bits per heavy atom. The monoisotopic (exact) mass is 502 g/mol. The van der Waals surface area contributed by atoms with E-state index in [-0.39, 0.29) is 27.2 Å². The van der Waals surface area contributed by atoms with Crippen LogP contribution in [-0.2, 0) is 19.6 Å². The van der Waals surface area contributed by atoms with Gasteiger partial charge in [-0.3, -0.25) is 9.52 Å². The summed E-state index contributed by atoms with van der Waals surface area (Å²) in [6, 6.07) is 6.74. The number of hydrogen-bond acceptors (Lipinski definition) is 5. The number of carbonyl (C=O) groups is 2. The summed E-state index contributed by atoms with van der Waals surface area (Å²) < 4.78 is 45.9. The molecule has 1 N–H and O–H groups in total. The van der Waals surface area contributed by atoms with Crippen molar-refractivity contribution < 1.29 is 27.1 Å². The van der Waals surface area contributed by atoms with E-state index >= 15 is 0 Å². The fraction of sp³-hybridized carbons (Fsp3) is 0.333. The van der Waals surface area contributed by atoms with E-state index in [1.54, 1.807) is 4.90 Å². The smallest absolute Gasteiger partial charge is 0.340 e. The number of esters is 1. The lowest BCUT2D eigenvalue weighted by molar-refractivity contribution is -0.134. The van der Waals surface area contributed by atoms with E-state index in [9.17, 15) is 22.4 Å². The van der Waals surface area contributed by atoms with E-state index in [1.165, 1.54) is 12.1 Å². The lowest BCUT2D eigenvalue weighted by Gasteiger charge is -2.20. The van der Waals surface area contributed by atoms with Crippen LogP contribution in [0.25, 0.3) is 0 Å². The molecule has 7 nitrogen and oxygen atoms in total. The van der Waals surface area contributed by atoms with E-state index in [0.29, 0.717) is 13.1 Å². The second-order valence-electron chi connectivity index (χ2n) is 7.25. The average Bonchev–Trinajstić information content (AvgIpc) is 3.03. The third-order valence-corrected chi connectivity index (χ3v) is 7.07. The number of ether oxygens (including phenoxy) is 1. The number of rotatable bonds is 6. The van der Waals surface area contributed by atoms with Crippen LogP contribution in [0.3, 0.4) is 0 Å². The van der Waals surface area contributed by atoms with Crippen molar-refractivity contribution >= 4 is 50.8 Å². The van der Waals surface area contributed by atoms with Crippen LogP contribution >= 0.6 is 23.2 Å². The van der Waals surface area contributed by atoms with Crippen LogP contribution in [0.5, 0.6) is 0 Å². The first-order chi connectivity index (χ1) is 15.2. The SMILES string of the molecule is O=C(OCC(=O)N1CCCCCC1)c1cc(S(=O)(=O)Nc2ccc(F)cc2)c(Cl)cc1Cl. The first kappa shape index (κ1) is 24.3. The molecule has 11 heteroatoms. The fourth-order valence-corrected chi connectivity index (χ4v) is 5.15. The third kappa shape index (κ3) is 6.11.